The molecule has 0 aliphatic heterocycles. The minimum Gasteiger partial charge on any atom is -0.482 e. The summed E-state index contributed by atoms with van der Waals surface area (Å²) in [6.07, 6.45) is 1.38. The van der Waals surface area contributed by atoms with E-state index in [0.29, 0.717) is 0 Å². The van der Waals surface area contributed by atoms with E-state index in [1.807, 2.05) is 5.38 Å². The molecule has 2 rings (SSSR count). The van der Waals surface area contributed by atoms with Crippen molar-refractivity contribution in [3.8, 4) is 5.75 Å². The zero-order valence-corrected chi connectivity index (χ0v) is 8.00. The van der Waals surface area contributed by atoms with Gasteiger partial charge in [0.05, 0.1) is 11.2 Å². The summed E-state index contributed by atoms with van der Waals surface area (Å²) in [7, 11) is 0. The molecule has 0 bridgehead atoms. The second-order valence-corrected chi connectivity index (χ2v) is 3.28. The van der Waals surface area contributed by atoms with Gasteiger partial charge in [0, 0.05) is 11.6 Å². The Morgan fingerprint density at radius 3 is 3.07 bits per heavy atom. The van der Waals surface area contributed by atoms with Crippen molar-refractivity contribution in [2.75, 3.05) is 0 Å². The van der Waals surface area contributed by atoms with E-state index in [4.69, 9.17) is 4.74 Å². The number of rotatable bonds is 3. The smallest absolute Gasteiger partial charge is 0.255 e. The van der Waals surface area contributed by atoms with Crippen LogP contribution in [-0.4, -0.2) is 9.97 Å². The van der Waals surface area contributed by atoms with Gasteiger partial charge in [-0.1, -0.05) is 0 Å². The standard InChI is InChI=1S/C9H7FN2OS/c10-9-8(2-1-3-11-9)13-4-7-5-14-6-12-7/h1-3,5-6H,4H2. The third-order valence-corrected chi connectivity index (χ3v) is 2.22. The molecule has 14 heavy (non-hydrogen) atoms. The Labute approximate surface area is 84.2 Å². The lowest BCUT2D eigenvalue weighted by Gasteiger charge is -2.03. The van der Waals surface area contributed by atoms with Crippen molar-refractivity contribution in [2.45, 2.75) is 6.61 Å². The molecule has 0 saturated carbocycles. The third-order valence-electron chi connectivity index (χ3n) is 1.58. The van der Waals surface area contributed by atoms with E-state index >= 15 is 0 Å². The van der Waals surface area contributed by atoms with Crippen molar-refractivity contribution in [3.63, 3.8) is 0 Å². The van der Waals surface area contributed by atoms with Crippen LogP contribution in [0.3, 0.4) is 0 Å². The summed E-state index contributed by atoms with van der Waals surface area (Å²) in [4.78, 5) is 7.48. The summed E-state index contributed by atoms with van der Waals surface area (Å²) < 4.78 is 18.2. The molecular weight excluding hydrogens is 203 g/mol. The van der Waals surface area contributed by atoms with Crippen LogP contribution >= 0.6 is 11.3 Å². The molecule has 0 radical (unpaired) electrons. The first-order valence-electron chi connectivity index (χ1n) is 3.96. The van der Waals surface area contributed by atoms with Crippen LogP contribution in [0.25, 0.3) is 0 Å². The molecule has 0 saturated heterocycles. The van der Waals surface area contributed by atoms with Crippen molar-refractivity contribution < 1.29 is 9.13 Å². The van der Waals surface area contributed by atoms with Crippen LogP contribution < -0.4 is 4.74 Å². The van der Waals surface area contributed by atoms with Gasteiger partial charge in [0.25, 0.3) is 5.95 Å². The Bertz CT molecular complexity index is 405. The van der Waals surface area contributed by atoms with Crippen LogP contribution in [0.2, 0.25) is 0 Å². The molecule has 2 aromatic rings. The Morgan fingerprint density at radius 2 is 2.36 bits per heavy atom. The van der Waals surface area contributed by atoms with Crippen LogP contribution in [0.1, 0.15) is 5.69 Å². The van der Waals surface area contributed by atoms with E-state index in [1.54, 1.807) is 11.6 Å². The quantitative estimate of drug-likeness (QED) is 0.729. The van der Waals surface area contributed by atoms with Crippen molar-refractivity contribution in [1.82, 2.24) is 9.97 Å². The summed E-state index contributed by atoms with van der Waals surface area (Å²) in [6, 6.07) is 3.16. The van der Waals surface area contributed by atoms with E-state index in [2.05, 4.69) is 9.97 Å². The first kappa shape index (κ1) is 9.08. The van der Waals surface area contributed by atoms with Gasteiger partial charge in [0.1, 0.15) is 6.61 Å². The average molecular weight is 210 g/mol. The highest BCUT2D eigenvalue weighted by Gasteiger charge is 2.03. The van der Waals surface area contributed by atoms with Crippen LogP contribution in [0.5, 0.6) is 5.75 Å². The van der Waals surface area contributed by atoms with Crippen LogP contribution in [-0.2, 0) is 6.61 Å². The SMILES string of the molecule is Fc1ncccc1OCc1cscn1. The van der Waals surface area contributed by atoms with Crippen LogP contribution in [0.4, 0.5) is 4.39 Å². The van der Waals surface area contributed by atoms with E-state index in [0.717, 1.165) is 5.69 Å². The number of thiazole rings is 1. The van der Waals surface area contributed by atoms with Crippen molar-refractivity contribution in [2.24, 2.45) is 0 Å². The summed E-state index contributed by atoms with van der Waals surface area (Å²) in [5.74, 6) is -0.441. The molecule has 0 fully saturated rings. The highest BCUT2D eigenvalue weighted by Crippen LogP contribution is 2.14. The molecule has 3 nitrogen and oxygen atoms in total. The van der Waals surface area contributed by atoms with E-state index < -0.39 is 5.95 Å². The predicted molar refractivity (Wildman–Crippen MR) is 50.6 cm³/mol. The molecule has 0 aliphatic carbocycles. The number of aromatic nitrogens is 2. The van der Waals surface area contributed by atoms with Gasteiger partial charge < -0.3 is 4.74 Å². The fourth-order valence-corrected chi connectivity index (χ4v) is 1.48. The lowest BCUT2D eigenvalue weighted by molar-refractivity contribution is 0.282. The van der Waals surface area contributed by atoms with Gasteiger partial charge in [0.2, 0.25) is 0 Å². The Morgan fingerprint density at radius 1 is 1.43 bits per heavy atom. The number of halogens is 1. The van der Waals surface area contributed by atoms with Gasteiger partial charge in [0.15, 0.2) is 5.75 Å². The molecule has 0 unspecified atom stereocenters. The fraction of sp³-hybridized carbons (Fsp3) is 0.111. The molecule has 0 amide bonds. The zero-order valence-electron chi connectivity index (χ0n) is 7.18. The predicted octanol–water partition coefficient (Wildman–Crippen LogP) is 2.26. The summed E-state index contributed by atoms with van der Waals surface area (Å²) in [5.41, 5.74) is 2.50. The second-order valence-electron chi connectivity index (χ2n) is 2.56. The fourth-order valence-electron chi connectivity index (χ4n) is 0.939. The largest absolute Gasteiger partial charge is 0.482 e. The number of nitrogens with zero attached hydrogens (tertiary/aromatic N) is 2. The first-order valence-corrected chi connectivity index (χ1v) is 4.91. The Balaban J connectivity index is 2.02. The van der Waals surface area contributed by atoms with Crippen LogP contribution in [0, 0.1) is 5.95 Å². The van der Waals surface area contributed by atoms with E-state index in [1.165, 1.54) is 23.6 Å². The monoisotopic (exact) mass is 210 g/mol. The van der Waals surface area contributed by atoms with Gasteiger partial charge in [-0.25, -0.2) is 9.97 Å². The molecule has 72 valence electrons. The molecule has 5 heteroatoms. The molecule has 0 aromatic carbocycles. The lowest BCUT2D eigenvalue weighted by atomic mass is 10.4. The maximum atomic E-state index is 13.0. The van der Waals surface area contributed by atoms with Crippen LogP contribution in [0.15, 0.2) is 29.2 Å². The summed E-state index contributed by atoms with van der Waals surface area (Å²) >= 11 is 1.48. The van der Waals surface area contributed by atoms with E-state index in [-0.39, 0.29) is 12.4 Å². The topological polar surface area (TPSA) is 35.0 Å². The summed E-state index contributed by atoms with van der Waals surface area (Å²) in [5, 5.41) is 1.86. The van der Waals surface area contributed by atoms with Gasteiger partial charge >= 0.3 is 0 Å². The summed E-state index contributed by atoms with van der Waals surface area (Å²) in [6.45, 7) is 0.270. The Kier molecular flexibility index (Phi) is 2.69. The highest BCUT2D eigenvalue weighted by atomic mass is 32.1. The van der Waals surface area contributed by atoms with Gasteiger partial charge in [-0.2, -0.15) is 4.39 Å². The third kappa shape index (κ3) is 2.05. The molecule has 0 aliphatic rings. The molecular formula is C9H7FN2OS. The average Bonchev–Trinajstić information content (AvgIpc) is 2.69. The maximum Gasteiger partial charge on any atom is 0.255 e. The van der Waals surface area contributed by atoms with Gasteiger partial charge in [-0.05, 0) is 12.1 Å². The minimum absolute atomic E-state index is 0.153. The van der Waals surface area contributed by atoms with Gasteiger partial charge in [-0.3, -0.25) is 0 Å². The number of hydrogen-bond acceptors (Lipinski definition) is 4. The maximum absolute atomic E-state index is 13.0. The second kappa shape index (κ2) is 4.15. The van der Waals surface area contributed by atoms with E-state index in [9.17, 15) is 4.39 Å². The highest BCUT2D eigenvalue weighted by molar-refractivity contribution is 7.07. The molecule has 0 atom stereocenters. The first-order chi connectivity index (χ1) is 6.86. The van der Waals surface area contributed by atoms with Crippen molar-refractivity contribution in [1.29, 1.82) is 0 Å². The molecule has 0 N–H and O–H groups in total. The number of hydrogen-bond donors (Lipinski definition) is 0. The van der Waals surface area contributed by atoms with Crippen molar-refractivity contribution >= 4 is 11.3 Å². The minimum atomic E-state index is -0.595. The number of ether oxygens (including phenoxy) is 1. The number of pyridine rings is 1. The molecule has 0 spiro atoms. The zero-order chi connectivity index (χ0) is 9.80. The van der Waals surface area contributed by atoms with Crippen molar-refractivity contribution in [3.05, 3.63) is 40.9 Å². The normalized spacial score (nSPS) is 10.1. The van der Waals surface area contributed by atoms with Gasteiger partial charge in [-0.15, -0.1) is 11.3 Å². The Hall–Kier alpha value is -1.49. The lowest BCUT2D eigenvalue weighted by Crippen LogP contribution is -1.98. The molecule has 2 heterocycles. The molecule has 2 aromatic heterocycles.